The molecule has 1 heterocycles. The van der Waals surface area contributed by atoms with Gasteiger partial charge < -0.3 is 9.67 Å². The van der Waals surface area contributed by atoms with E-state index in [1.807, 2.05) is 24.4 Å². The number of hydrogen-bond donors (Lipinski definition) is 1. The second-order valence-electron chi connectivity index (χ2n) is 14.8. The fourth-order valence-corrected chi connectivity index (χ4v) is 6.78. The van der Waals surface area contributed by atoms with Gasteiger partial charge in [-0.1, -0.05) is 140 Å². The van der Waals surface area contributed by atoms with Crippen LogP contribution in [-0.2, 0) is 16.2 Å². The number of benzene rings is 4. The Labute approximate surface area is 271 Å². The van der Waals surface area contributed by atoms with E-state index in [1.165, 1.54) is 39.1 Å². The van der Waals surface area contributed by atoms with Gasteiger partial charge in [0.25, 0.3) is 0 Å². The molecule has 0 aliphatic carbocycles. The maximum absolute atomic E-state index is 10.7. The SMILES string of the molecule is CC(C)c1cccc(C(C)C)c1-n1ccnc1C(C)(C)c1cccc(C(C)(C)c2cccc(C(C)(C)c3ccccc3O)c2)c1. The molecular weight excluding hydrogens is 548 g/mol. The van der Waals surface area contributed by atoms with E-state index in [2.05, 4.69) is 147 Å². The van der Waals surface area contributed by atoms with E-state index in [4.69, 9.17) is 4.98 Å². The molecule has 0 aliphatic heterocycles. The summed E-state index contributed by atoms with van der Waals surface area (Å²) in [5.41, 5.74) is 8.86. The minimum absolute atomic E-state index is 0.249. The lowest BCUT2D eigenvalue weighted by Crippen LogP contribution is -2.27. The van der Waals surface area contributed by atoms with Crippen molar-refractivity contribution in [2.24, 2.45) is 0 Å². The molecule has 1 aromatic heterocycles. The standard InChI is InChI=1S/C42H50N2O/c1-28(2)34-20-15-21-35(29(3)4)38(34)44-25-24-43-39(44)42(9,10)33-19-14-17-31(27-33)40(5,6)30-16-13-18-32(26-30)41(7,8)36-22-11-12-23-37(36)45/h11-29,45H,1-10H3. The zero-order valence-corrected chi connectivity index (χ0v) is 28.8. The van der Waals surface area contributed by atoms with Gasteiger partial charge in [-0.3, -0.25) is 0 Å². The molecule has 0 radical (unpaired) electrons. The van der Waals surface area contributed by atoms with Crippen molar-refractivity contribution in [3.05, 3.63) is 148 Å². The third-order valence-electron chi connectivity index (χ3n) is 9.97. The van der Waals surface area contributed by atoms with Gasteiger partial charge in [0.1, 0.15) is 11.6 Å². The highest BCUT2D eigenvalue weighted by Crippen LogP contribution is 2.42. The van der Waals surface area contributed by atoms with E-state index in [0.717, 1.165) is 11.4 Å². The van der Waals surface area contributed by atoms with Crippen LogP contribution in [-0.4, -0.2) is 14.7 Å². The molecule has 0 amide bonds. The first kappa shape index (κ1) is 32.3. The summed E-state index contributed by atoms with van der Waals surface area (Å²) in [6, 6.07) is 32.3. The number of aromatic hydroxyl groups is 1. The second-order valence-corrected chi connectivity index (χ2v) is 14.8. The van der Waals surface area contributed by atoms with Crippen molar-refractivity contribution in [2.45, 2.75) is 97.3 Å². The zero-order valence-electron chi connectivity index (χ0n) is 28.8. The topological polar surface area (TPSA) is 38.0 Å². The molecule has 0 unspecified atom stereocenters. The Kier molecular flexibility index (Phi) is 8.61. The zero-order chi connectivity index (χ0) is 32.7. The van der Waals surface area contributed by atoms with Crippen molar-refractivity contribution < 1.29 is 5.11 Å². The van der Waals surface area contributed by atoms with Gasteiger partial charge >= 0.3 is 0 Å². The molecule has 5 aromatic rings. The largest absolute Gasteiger partial charge is 0.508 e. The van der Waals surface area contributed by atoms with E-state index < -0.39 is 0 Å². The summed E-state index contributed by atoms with van der Waals surface area (Å²) in [6.45, 7) is 22.7. The van der Waals surface area contributed by atoms with Crippen LogP contribution in [0, 0.1) is 0 Å². The van der Waals surface area contributed by atoms with Gasteiger partial charge in [-0.05, 0) is 65.1 Å². The third kappa shape index (κ3) is 5.86. The Morgan fingerprint density at radius 2 is 1.04 bits per heavy atom. The van der Waals surface area contributed by atoms with Crippen LogP contribution in [0.1, 0.15) is 126 Å². The molecule has 3 nitrogen and oxygen atoms in total. The van der Waals surface area contributed by atoms with Crippen LogP contribution >= 0.6 is 0 Å². The summed E-state index contributed by atoms with van der Waals surface area (Å²) in [4.78, 5) is 5.01. The van der Waals surface area contributed by atoms with Crippen molar-refractivity contribution in [1.29, 1.82) is 0 Å². The van der Waals surface area contributed by atoms with E-state index >= 15 is 0 Å². The maximum Gasteiger partial charge on any atom is 0.123 e. The van der Waals surface area contributed by atoms with Gasteiger partial charge in [0.15, 0.2) is 0 Å². The van der Waals surface area contributed by atoms with Gasteiger partial charge in [-0.25, -0.2) is 4.98 Å². The number of nitrogens with zero attached hydrogens (tertiary/aromatic N) is 2. The number of phenols is 1. The maximum atomic E-state index is 10.7. The van der Waals surface area contributed by atoms with E-state index in [9.17, 15) is 5.11 Å². The van der Waals surface area contributed by atoms with Gasteiger partial charge in [0.2, 0.25) is 0 Å². The summed E-state index contributed by atoms with van der Waals surface area (Å²) in [7, 11) is 0. The van der Waals surface area contributed by atoms with E-state index in [-0.39, 0.29) is 16.2 Å². The number of rotatable bonds is 9. The highest BCUT2D eigenvalue weighted by atomic mass is 16.3. The number of para-hydroxylation sites is 2. The average molecular weight is 599 g/mol. The summed E-state index contributed by atoms with van der Waals surface area (Å²) >= 11 is 0. The number of hydrogen-bond acceptors (Lipinski definition) is 2. The quantitative estimate of drug-likeness (QED) is 0.183. The highest BCUT2D eigenvalue weighted by Gasteiger charge is 2.33. The molecule has 234 valence electrons. The highest BCUT2D eigenvalue weighted by molar-refractivity contribution is 5.54. The first-order valence-electron chi connectivity index (χ1n) is 16.3. The van der Waals surface area contributed by atoms with Crippen LogP contribution in [0.25, 0.3) is 5.69 Å². The molecule has 0 atom stereocenters. The molecule has 1 N–H and O–H groups in total. The van der Waals surface area contributed by atoms with Crippen molar-refractivity contribution >= 4 is 0 Å². The normalized spacial score (nSPS) is 12.7. The minimum atomic E-state index is -0.348. The molecule has 0 fully saturated rings. The Balaban J connectivity index is 1.57. The van der Waals surface area contributed by atoms with Gasteiger partial charge in [0, 0.05) is 34.2 Å². The lowest BCUT2D eigenvalue weighted by molar-refractivity contribution is 0.453. The molecule has 3 heteroatoms. The van der Waals surface area contributed by atoms with Crippen molar-refractivity contribution in [1.82, 2.24) is 9.55 Å². The predicted octanol–water partition coefficient (Wildman–Crippen LogP) is 10.8. The van der Waals surface area contributed by atoms with Gasteiger partial charge in [-0.15, -0.1) is 0 Å². The van der Waals surface area contributed by atoms with Crippen LogP contribution in [0.15, 0.2) is 103 Å². The summed E-state index contributed by atoms with van der Waals surface area (Å²) in [5.74, 6) is 2.16. The lowest BCUT2D eigenvalue weighted by atomic mass is 9.72. The predicted molar refractivity (Wildman–Crippen MR) is 189 cm³/mol. The first-order chi connectivity index (χ1) is 21.2. The molecule has 4 aromatic carbocycles. The van der Waals surface area contributed by atoms with Crippen LogP contribution in [0.3, 0.4) is 0 Å². The van der Waals surface area contributed by atoms with Crippen LogP contribution in [0.2, 0.25) is 0 Å². The molecule has 0 saturated heterocycles. The van der Waals surface area contributed by atoms with Crippen molar-refractivity contribution in [3.63, 3.8) is 0 Å². The fourth-order valence-electron chi connectivity index (χ4n) is 6.78. The molecule has 45 heavy (non-hydrogen) atoms. The fraction of sp³-hybridized carbons (Fsp3) is 0.357. The summed E-state index contributed by atoms with van der Waals surface area (Å²) in [5, 5.41) is 10.7. The molecule has 0 bridgehead atoms. The van der Waals surface area contributed by atoms with Gasteiger partial charge in [0.05, 0.1) is 5.69 Å². The Morgan fingerprint density at radius 3 is 1.56 bits per heavy atom. The average Bonchev–Trinajstić information content (AvgIpc) is 3.52. The molecule has 0 aliphatic rings. The molecular formula is C42H50N2O. The first-order valence-corrected chi connectivity index (χ1v) is 16.3. The Bertz CT molecular complexity index is 1770. The van der Waals surface area contributed by atoms with Gasteiger partial charge in [-0.2, -0.15) is 0 Å². The third-order valence-corrected chi connectivity index (χ3v) is 9.97. The lowest BCUT2D eigenvalue weighted by Gasteiger charge is -2.33. The number of aromatic nitrogens is 2. The second kappa shape index (κ2) is 12.0. The van der Waals surface area contributed by atoms with Crippen LogP contribution in [0.4, 0.5) is 0 Å². The molecule has 0 saturated carbocycles. The molecule has 0 spiro atoms. The smallest absolute Gasteiger partial charge is 0.123 e. The number of imidazole rings is 1. The van der Waals surface area contributed by atoms with E-state index in [1.54, 1.807) is 6.07 Å². The molecule has 5 rings (SSSR count). The minimum Gasteiger partial charge on any atom is -0.508 e. The monoisotopic (exact) mass is 598 g/mol. The van der Waals surface area contributed by atoms with Crippen molar-refractivity contribution in [2.75, 3.05) is 0 Å². The Morgan fingerprint density at radius 1 is 0.578 bits per heavy atom. The van der Waals surface area contributed by atoms with Crippen LogP contribution in [0.5, 0.6) is 5.75 Å². The summed E-state index contributed by atoms with van der Waals surface area (Å²) < 4.78 is 2.34. The van der Waals surface area contributed by atoms with E-state index in [0.29, 0.717) is 17.6 Å². The summed E-state index contributed by atoms with van der Waals surface area (Å²) in [6.07, 6.45) is 4.08. The van der Waals surface area contributed by atoms with Crippen LogP contribution < -0.4 is 0 Å². The van der Waals surface area contributed by atoms with Crippen molar-refractivity contribution in [3.8, 4) is 11.4 Å². The Hall–Kier alpha value is -4.11. The number of phenolic OH excluding ortho intramolecular Hbond substituents is 1.